The Morgan fingerprint density at radius 3 is 2.83 bits per heavy atom. The number of nitrogens with one attached hydrogen (secondary N) is 1. The zero-order valence-corrected chi connectivity index (χ0v) is 13.3. The maximum atomic E-state index is 4.78. The molecule has 0 atom stereocenters. The molecule has 0 amide bonds. The Labute approximate surface area is 118 Å². The molecule has 1 N–H and O–H groups in total. The van der Waals surface area contributed by atoms with E-state index >= 15 is 0 Å². The lowest BCUT2D eigenvalue weighted by Crippen LogP contribution is -2.46. The topological polar surface area (TPSA) is 24.4 Å². The molecule has 18 heavy (non-hydrogen) atoms. The van der Waals surface area contributed by atoms with Crippen LogP contribution in [0.1, 0.15) is 39.0 Å². The summed E-state index contributed by atoms with van der Waals surface area (Å²) in [5.41, 5.74) is 0.322. The summed E-state index contributed by atoms with van der Waals surface area (Å²) in [7, 11) is 0. The van der Waals surface area contributed by atoms with Gasteiger partial charge in [0.05, 0.1) is 6.54 Å². The lowest BCUT2D eigenvalue weighted by atomic mass is 9.92. The molecular formula is C14H22N2S2. The first-order chi connectivity index (χ1) is 8.39. The molecule has 0 spiro atoms. The molecule has 100 valence electrons. The number of thioether (sulfide) groups is 1. The summed E-state index contributed by atoms with van der Waals surface area (Å²) in [4.78, 5) is 6.19. The molecule has 1 aromatic rings. The highest BCUT2D eigenvalue weighted by Gasteiger charge is 2.26. The van der Waals surface area contributed by atoms with Crippen LogP contribution in [0.25, 0.3) is 0 Å². The highest BCUT2D eigenvalue weighted by molar-refractivity contribution is 8.13. The summed E-state index contributed by atoms with van der Waals surface area (Å²) in [5, 5.41) is 6.77. The quantitative estimate of drug-likeness (QED) is 0.909. The van der Waals surface area contributed by atoms with Crippen molar-refractivity contribution in [2.24, 2.45) is 4.99 Å². The van der Waals surface area contributed by atoms with Gasteiger partial charge in [0.15, 0.2) is 5.17 Å². The zero-order valence-electron chi connectivity index (χ0n) is 11.6. The number of aliphatic imine (C=N–C) groups is 1. The van der Waals surface area contributed by atoms with Crippen molar-refractivity contribution in [1.29, 1.82) is 0 Å². The van der Waals surface area contributed by atoms with Crippen LogP contribution in [0.15, 0.2) is 22.5 Å². The second-order valence-corrected chi connectivity index (χ2v) is 8.12. The van der Waals surface area contributed by atoms with Crippen molar-refractivity contribution in [3.05, 3.63) is 22.4 Å². The van der Waals surface area contributed by atoms with Crippen LogP contribution in [0.3, 0.4) is 0 Å². The van der Waals surface area contributed by atoms with Gasteiger partial charge in [-0.2, -0.15) is 0 Å². The van der Waals surface area contributed by atoms with Gasteiger partial charge in [-0.15, -0.1) is 11.3 Å². The van der Waals surface area contributed by atoms with Crippen molar-refractivity contribution in [2.45, 2.75) is 45.1 Å². The predicted octanol–water partition coefficient (Wildman–Crippen LogP) is 3.89. The third kappa shape index (κ3) is 3.51. The summed E-state index contributed by atoms with van der Waals surface area (Å²) in [5.74, 6) is 1.16. The molecule has 1 aliphatic heterocycles. The van der Waals surface area contributed by atoms with Crippen molar-refractivity contribution in [1.82, 2.24) is 5.32 Å². The molecule has 4 heteroatoms. The van der Waals surface area contributed by atoms with E-state index < -0.39 is 0 Å². The molecule has 0 aliphatic carbocycles. The molecule has 2 nitrogen and oxygen atoms in total. The van der Waals surface area contributed by atoms with Crippen LogP contribution in [0.2, 0.25) is 0 Å². The number of hydrogen-bond donors (Lipinski definition) is 1. The molecule has 1 saturated heterocycles. The van der Waals surface area contributed by atoms with Gasteiger partial charge in [-0.05, 0) is 31.7 Å². The Morgan fingerprint density at radius 2 is 2.22 bits per heavy atom. The van der Waals surface area contributed by atoms with Crippen LogP contribution in [0.4, 0.5) is 0 Å². The third-order valence-corrected chi connectivity index (χ3v) is 5.37. The van der Waals surface area contributed by atoms with Crippen LogP contribution in [0.5, 0.6) is 0 Å². The Morgan fingerprint density at radius 1 is 1.44 bits per heavy atom. The fourth-order valence-electron chi connectivity index (χ4n) is 1.89. The maximum absolute atomic E-state index is 4.78. The van der Waals surface area contributed by atoms with Gasteiger partial charge in [-0.1, -0.05) is 31.7 Å². The molecule has 0 unspecified atom stereocenters. The van der Waals surface area contributed by atoms with Crippen LogP contribution in [0, 0.1) is 0 Å². The number of nitrogens with zero attached hydrogens (tertiary/aromatic N) is 1. The summed E-state index contributed by atoms with van der Waals surface area (Å²) in [6, 6.07) is 4.32. The largest absolute Gasteiger partial charge is 0.360 e. The van der Waals surface area contributed by atoms with Gasteiger partial charge in [0.1, 0.15) is 0 Å². The van der Waals surface area contributed by atoms with E-state index in [-0.39, 0.29) is 11.0 Å². The van der Waals surface area contributed by atoms with E-state index in [1.54, 1.807) is 0 Å². The molecule has 2 rings (SSSR count). The molecule has 0 aromatic carbocycles. The summed E-state index contributed by atoms with van der Waals surface area (Å²) in [6.45, 7) is 9.86. The number of rotatable bonds is 3. The van der Waals surface area contributed by atoms with Crippen molar-refractivity contribution < 1.29 is 0 Å². The van der Waals surface area contributed by atoms with Crippen LogP contribution in [-0.2, 0) is 5.41 Å². The van der Waals surface area contributed by atoms with Gasteiger partial charge < -0.3 is 5.32 Å². The maximum Gasteiger partial charge on any atom is 0.156 e. The van der Waals surface area contributed by atoms with Crippen molar-refractivity contribution in [3.8, 4) is 0 Å². The molecule has 1 fully saturated rings. The van der Waals surface area contributed by atoms with Crippen LogP contribution >= 0.6 is 23.1 Å². The van der Waals surface area contributed by atoms with E-state index in [1.165, 1.54) is 11.3 Å². The van der Waals surface area contributed by atoms with E-state index in [1.807, 2.05) is 23.1 Å². The first kappa shape index (κ1) is 13.9. The fraction of sp³-hybridized carbons (Fsp3) is 0.643. The van der Waals surface area contributed by atoms with Crippen molar-refractivity contribution in [3.63, 3.8) is 0 Å². The summed E-state index contributed by atoms with van der Waals surface area (Å²) >= 11 is 3.67. The lowest BCUT2D eigenvalue weighted by molar-refractivity contribution is 0.444. The highest BCUT2D eigenvalue weighted by Crippen LogP contribution is 2.28. The predicted molar refractivity (Wildman–Crippen MR) is 83.9 cm³/mol. The van der Waals surface area contributed by atoms with Crippen molar-refractivity contribution >= 4 is 28.3 Å². The molecule has 2 heterocycles. The fourth-order valence-corrected chi connectivity index (χ4v) is 4.04. The minimum atomic E-state index is 0.130. The van der Waals surface area contributed by atoms with E-state index in [0.29, 0.717) is 0 Å². The van der Waals surface area contributed by atoms with E-state index in [9.17, 15) is 0 Å². The molecular weight excluding hydrogens is 260 g/mol. The van der Waals surface area contributed by atoms with E-state index in [4.69, 9.17) is 4.99 Å². The Bertz CT molecular complexity index is 419. The monoisotopic (exact) mass is 282 g/mol. The van der Waals surface area contributed by atoms with Gasteiger partial charge >= 0.3 is 0 Å². The average molecular weight is 282 g/mol. The molecule has 1 aromatic heterocycles. The second-order valence-electron chi connectivity index (χ2n) is 6.09. The normalized spacial score (nSPS) is 21.9. The van der Waals surface area contributed by atoms with Gasteiger partial charge in [0.2, 0.25) is 0 Å². The second kappa shape index (κ2) is 5.25. The third-order valence-electron chi connectivity index (χ3n) is 3.22. The lowest BCUT2D eigenvalue weighted by Gasteiger charge is -2.33. The SMILES string of the molecule is CC1(C)CCSC(=NCC(C)(C)c2cccs2)N1. The summed E-state index contributed by atoms with van der Waals surface area (Å²) < 4.78 is 0. The van der Waals surface area contributed by atoms with Gasteiger partial charge in [-0.25, -0.2) is 0 Å². The van der Waals surface area contributed by atoms with Gasteiger partial charge in [0.25, 0.3) is 0 Å². The van der Waals surface area contributed by atoms with Gasteiger partial charge in [-0.3, -0.25) is 4.99 Å². The standard InChI is InChI=1S/C14H22N2S2/c1-13(2,11-6-5-8-17-11)10-15-12-16-14(3,4)7-9-18-12/h5-6,8H,7,9-10H2,1-4H3,(H,15,16). The number of hydrogen-bond acceptors (Lipinski definition) is 3. The van der Waals surface area contributed by atoms with Crippen LogP contribution < -0.4 is 5.32 Å². The Hall–Kier alpha value is -0.480. The average Bonchev–Trinajstić information content (AvgIpc) is 2.79. The molecule has 0 bridgehead atoms. The minimum absolute atomic E-state index is 0.130. The van der Waals surface area contributed by atoms with Crippen LogP contribution in [-0.4, -0.2) is 23.0 Å². The minimum Gasteiger partial charge on any atom is -0.360 e. The molecule has 1 aliphatic rings. The van der Waals surface area contributed by atoms with E-state index in [0.717, 1.165) is 17.5 Å². The van der Waals surface area contributed by atoms with Crippen molar-refractivity contribution in [2.75, 3.05) is 12.3 Å². The Kier molecular flexibility index (Phi) is 4.07. The highest BCUT2D eigenvalue weighted by atomic mass is 32.2. The van der Waals surface area contributed by atoms with Gasteiger partial charge in [0, 0.05) is 21.6 Å². The zero-order chi connectivity index (χ0) is 13.2. The molecule has 0 radical (unpaired) electrons. The number of thiophene rings is 1. The smallest absolute Gasteiger partial charge is 0.156 e. The first-order valence-electron chi connectivity index (χ1n) is 6.38. The molecule has 0 saturated carbocycles. The summed E-state index contributed by atoms with van der Waals surface area (Å²) in [6.07, 6.45) is 1.20. The van der Waals surface area contributed by atoms with E-state index in [2.05, 4.69) is 50.5 Å². The Balaban J connectivity index is 2.02. The first-order valence-corrected chi connectivity index (χ1v) is 8.25. The number of amidine groups is 1.